The lowest BCUT2D eigenvalue weighted by atomic mass is 10.1. The summed E-state index contributed by atoms with van der Waals surface area (Å²) in [6.07, 6.45) is 0.599. The lowest BCUT2D eigenvalue weighted by molar-refractivity contribution is -0.140. The normalized spacial score (nSPS) is 20.9. The quantitative estimate of drug-likeness (QED) is 0.710. The van der Waals surface area contributed by atoms with Crippen molar-refractivity contribution in [3.8, 4) is 17.2 Å². The molecule has 8 nitrogen and oxygen atoms in total. The van der Waals surface area contributed by atoms with E-state index in [1.54, 1.807) is 19.9 Å². The molecular formula is C17H19N3O5. The number of hydrogen-bond donors (Lipinski definition) is 3. The Morgan fingerprint density at radius 3 is 2.56 bits per heavy atom. The summed E-state index contributed by atoms with van der Waals surface area (Å²) in [6, 6.07) is 4.53. The minimum Gasteiger partial charge on any atom is -0.506 e. The Morgan fingerprint density at radius 2 is 2.00 bits per heavy atom. The summed E-state index contributed by atoms with van der Waals surface area (Å²) in [5.74, 6) is -2.19. The maximum atomic E-state index is 12.4. The molecule has 3 N–H and O–H groups in total. The molecule has 1 aromatic carbocycles. The molecular weight excluding hydrogens is 326 g/mol. The van der Waals surface area contributed by atoms with Crippen LogP contribution in [-0.4, -0.2) is 32.3 Å². The number of aryl methyl sites for hydroxylation is 1. The van der Waals surface area contributed by atoms with E-state index in [9.17, 15) is 19.8 Å². The van der Waals surface area contributed by atoms with Crippen molar-refractivity contribution in [2.75, 3.05) is 5.32 Å². The average Bonchev–Trinajstić information content (AvgIpc) is 2.92. The predicted molar refractivity (Wildman–Crippen MR) is 87.8 cm³/mol. The number of phenols is 1. The molecule has 1 amide bonds. The fourth-order valence-corrected chi connectivity index (χ4v) is 3.08. The van der Waals surface area contributed by atoms with Gasteiger partial charge in [-0.25, -0.2) is 0 Å². The molecule has 1 aromatic heterocycles. The zero-order valence-corrected chi connectivity index (χ0v) is 14.1. The van der Waals surface area contributed by atoms with E-state index >= 15 is 0 Å². The molecule has 132 valence electrons. The smallest absolute Gasteiger partial charge is 0.307 e. The second kappa shape index (κ2) is 5.87. The number of carboxylic acid groups (broad SMARTS) is 1. The first-order valence-corrected chi connectivity index (χ1v) is 7.95. The van der Waals surface area contributed by atoms with Gasteiger partial charge in [0.15, 0.2) is 0 Å². The molecule has 1 heterocycles. The standard InChI is InChI=1S/C17H19N3O5/c1-4-11-19-20-15(25-11)8-5-6-10(21)9(7-8)18-14(22)12-13(16(23)24)17(12,2)3/h5-7,12-13,21H,4H2,1-3H3,(H,18,22)(H,23,24)/t12-,13+/m0/s1. The van der Waals surface area contributed by atoms with Gasteiger partial charge in [0.25, 0.3) is 0 Å². The van der Waals surface area contributed by atoms with Crippen LogP contribution in [0.5, 0.6) is 5.75 Å². The molecule has 0 radical (unpaired) electrons. The number of aliphatic carboxylic acids is 1. The van der Waals surface area contributed by atoms with Crippen molar-refractivity contribution in [1.82, 2.24) is 10.2 Å². The van der Waals surface area contributed by atoms with Gasteiger partial charge in [0.1, 0.15) is 5.75 Å². The summed E-state index contributed by atoms with van der Waals surface area (Å²) in [6.45, 7) is 5.35. The number of carbonyl (C=O) groups is 2. The van der Waals surface area contributed by atoms with Gasteiger partial charge in [-0.05, 0) is 23.6 Å². The molecule has 0 unspecified atom stereocenters. The summed E-state index contributed by atoms with van der Waals surface area (Å²) in [7, 11) is 0. The van der Waals surface area contributed by atoms with Gasteiger partial charge in [0.05, 0.1) is 17.5 Å². The fourth-order valence-electron chi connectivity index (χ4n) is 3.08. The van der Waals surface area contributed by atoms with E-state index in [2.05, 4.69) is 15.5 Å². The number of hydrogen-bond acceptors (Lipinski definition) is 6. The van der Waals surface area contributed by atoms with Crippen LogP contribution in [0.2, 0.25) is 0 Å². The van der Waals surface area contributed by atoms with E-state index in [-0.39, 0.29) is 17.3 Å². The highest BCUT2D eigenvalue weighted by atomic mass is 16.4. The monoisotopic (exact) mass is 345 g/mol. The first-order valence-electron chi connectivity index (χ1n) is 7.95. The Balaban J connectivity index is 1.82. The van der Waals surface area contributed by atoms with Crippen LogP contribution in [0.1, 0.15) is 26.7 Å². The number of nitrogens with one attached hydrogen (secondary N) is 1. The lowest BCUT2D eigenvalue weighted by Crippen LogP contribution is -2.17. The number of phenolic OH excluding ortho intramolecular Hbond substituents is 1. The number of carboxylic acids is 1. The van der Waals surface area contributed by atoms with Crippen molar-refractivity contribution in [2.45, 2.75) is 27.2 Å². The molecule has 0 saturated heterocycles. The predicted octanol–water partition coefficient (Wildman–Crippen LogP) is 2.30. The molecule has 8 heteroatoms. The maximum absolute atomic E-state index is 12.4. The van der Waals surface area contributed by atoms with Crippen LogP contribution in [0.3, 0.4) is 0 Å². The van der Waals surface area contributed by atoms with Crippen molar-refractivity contribution in [3.05, 3.63) is 24.1 Å². The first-order chi connectivity index (χ1) is 11.8. The first kappa shape index (κ1) is 16.9. The zero-order chi connectivity index (χ0) is 18.4. The molecule has 0 spiro atoms. The van der Waals surface area contributed by atoms with Crippen molar-refractivity contribution in [2.24, 2.45) is 17.3 Å². The molecule has 2 aromatic rings. The Labute approximate surface area is 143 Å². The fraction of sp³-hybridized carbons (Fsp3) is 0.412. The average molecular weight is 345 g/mol. The van der Waals surface area contributed by atoms with Gasteiger partial charge in [0.2, 0.25) is 17.7 Å². The third-order valence-corrected chi connectivity index (χ3v) is 4.65. The van der Waals surface area contributed by atoms with Crippen LogP contribution < -0.4 is 5.32 Å². The number of rotatable bonds is 5. The van der Waals surface area contributed by atoms with Crippen LogP contribution in [0.4, 0.5) is 5.69 Å². The van der Waals surface area contributed by atoms with Crippen LogP contribution >= 0.6 is 0 Å². The lowest BCUT2D eigenvalue weighted by Gasteiger charge is -2.09. The molecule has 0 aliphatic heterocycles. The summed E-state index contributed by atoms with van der Waals surface area (Å²) in [4.78, 5) is 23.6. The van der Waals surface area contributed by atoms with Gasteiger partial charge in [-0.15, -0.1) is 10.2 Å². The number of amides is 1. The Morgan fingerprint density at radius 1 is 1.28 bits per heavy atom. The van der Waals surface area contributed by atoms with E-state index in [0.29, 0.717) is 17.9 Å². The topological polar surface area (TPSA) is 126 Å². The van der Waals surface area contributed by atoms with E-state index < -0.39 is 29.1 Å². The van der Waals surface area contributed by atoms with E-state index in [0.717, 1.165) is 0 Å². The molecule has 1 aliphatic carbocycles. The van der Waals surface area contributed by atoms with Gasteiger partial charge < -0.3 is 19.9 Å². The molecule has 1 fully saturated rings. The minimum atomic E-state index is -0.999. The van der Waals surface area contributed by atoms with E-state index in [1.807, 2.05) is 6.92 Å². The molecule has 1 saturated carbocycles. The van der Waals surface area contributed by atoms with E-state index in [1.165, 1.54) is 12.1 Å². The Kier molecular flexibility index (Phi) is 3.98. The van der Waals surface area contributed by atoms with Crippen LogP contribution in [0.15, 0.2) is 22.6 Å². The summed E-state index contributed by atoms with van der Waals surface area (Å²) in [5, 5.41) is 29.6. The number of aromatic hydroxyl groups is 1. The van der Waals surface area contributed by atoms with Gasteiger partial charge in [-0.2, -0.15) is 0 Å². The zero-order valence-electron chi connectivity index (χ0n) is 14.1. The van der Waals surface area contributed by atoms with Gasteiger partial charge in [0, 0.05) is 12.0 Å². The highest BCUT2D eigenvalue weighted by molar-refractivity contribution is 6.00. The molecule has 1 aliphatic rings. The molecule has 3 rings (SSSR count). The summed E-state index contributed by atoms with van der Waals surface area (Å²) < 4.78 is 5.47. The number of anilines is 1. The second-order valence-corrected chi connectivity index (χ2v) is 6.69. The van der Waals surface area contributed by atoms with Gasteiger partial charge in [-0.3, -0.25) is 9.59 Å². The largest absolute Gasteiger partial charge is 0.506 e. The SMILES string of the molecule is CCc1nnc(-c2ccc(O)c(NC(=O)[C@@H]3[C@H](C(=O)O)C3(C)C)c2)o1. The van der Waals surface area contributed by atoms with Crippen molar-refractivity contribution < 1.29 is 24.2 Å². The molecule has 25 heavy (non-hydrogen) atoms. The van der Waals surface area contributed by atoms with E-state index in [4.69, 9.17) is 4.42 Å². The van der Waals surface area contributed by atoms with Crippen LogP contribution in [0, 0.1) is 17.3 Å². The maximum Gasteiger partial charge on any atom is 0.307 e. The number of benzene rings is 1. The highest BCUT2D eigenvalue weighted by Crippen LogP contribution is 2.58. The molecule has 2 atom stereocenters. The third kappa shape index (κ3) is 2.95. The summed E-state index contributed by atoms with van der Waals surface area (Å²) in [5.41, 5.74) is 0.0989. The summed E-state index contributed by atoms with van der Waals surface area (Å²) >= 11 is 0. The molecule has 0 bridgehead atoms. The van der Waals surface area contributed by atoms with Gasteiger partial charge in [-0.1, -0.05) is 20.8 Å². The minimum absolute atomic E-state index is 0.127. The Bertz CT molecular complexity index is 843. The number of nitrogens with zero attached hydrogens (tertiary/aromatic N) is 2. The Hall–Kier alpha value is -2.90. The van der Waals surface area contributed by atoms with Gasteiger partial charge >= 0.3 is 5.97 Å². The van der Waals surface area contributed by atoms with Crippen molar-refractivity contribution >= 4 is 17.6 Å². The van der Waals surface area contributed by atoms with Crippen LogP contribution in [-0.2, 0) is 16.0 Å². The highest BCUT2D eigenvalue weighted by Gasteiger charge is 2.65. The number of aromatic nitrogens is 2. The van der Waals surface area contributed by atoms with Crippen molar-refractivity contribution in [3.63, 3.8) is 0 Å². The third-order valence-electron chi connectivity index (χ3n) is 4.65. The van der Waals surface area contributed by atoms with Crippen LogP contribution in [0.25, 0.3) is 11.5 Å². The number of carbonyl (C=O) groups excluding carboxylic acids is 1. The van der Waals surface area contributed by atoms with Crippen molar-refractivity contribution in [1.29, 1.82) is 0 Å². The second-order valence-electron chi connectivity index (χ2n) is 6.69.